The molecule has 4 aromatic rings. The van der Waals surface area contributed by atoms with E-state index in [1.54, 1.807) is 30.5 Å². The lowest BCUT2D eigenvalue weighted by atomic mass is 9.99. The summed E-state index contributed by atoms with van der Waals surface area (Å²) in [7, 11) is 0. The zero-order valence-corrected chi connectivity index (χ0v) is 17.4. The molecule has 1 amide bonds. The van der Waals surface area contributed by atoms with E-state index in [0.29, 0.717) is 22.3 Å². The second kappa shape index (κ2) is 7.88. The minimum absolute atomic E-state index is 0.0403. The van der Waals surface area contributed by atoms with E-state index in [-0.39, 0.29) is 23.4 Å². The molecule has 1 atom stereocenters. The first-order valence-corrected chi connectivity index (χ1v) is 10.8. The quantitative estimate of drug-likeness (QED) is 0.356. The maximum atomic E-state index is 12.9. The van der Waals surface area contributed by atoms with Gasteiger partial charge in [-0.1, -0.05) is 30.0 Å². The molecule has 3 heterocycles. The Hall–Kier alpha value is -3.65. The lowest BCUT2D eigenvalue weighted by Gasteiger charge is -2.09. The predicted octanol–water partition coefficient (Wildman–Crippen LogP) is 4.56. The van der Waals surface area contributed by atoms with Crippen LogP contribution in [0.2, 0.25) is 0 Å². The maximum Gasteiger partial charge on any atom is 0.231 e. The Balaban J connectivity index is 1.41. The normalized spacial score (nSPS) is 15.0. The minimum Gasteiger partial charge on any atom is -0.461 e. The molecule has 0 saturated carbocycles. The highest BCUT2D eigenvalue weighted by Gasteiger charge is 2.27. The van der Waals surface area contributed by atoms with Gasteiger partial charge in [-0.25, -0.2) is 0 Å². The minimum atomic E-state index is -0.257. The lowest BCUT2D eigenvalue weighted by molar-refractivity contribution is -0.116. The van der Waals surface area contributed by atoms with Gasteiger partial charge < -0.3 is 9.73 Å². The number of para-hydroxylation sites is 1. The van der Waals surface area contributed by atoms with E-state index in [0.717, 1.165) is 16.9 Å². The number of furan rings is 1. The van der Waals surface area contributed by atoms with Gasteiger partial charge in [-0.05, 0) is 55.0 Å². The Morgan fingerprint density at radius 1 is 1.13 bits per heavy atom. The number of fused-ring (bicyclic) bond motifs is 1. The topological polar surface area (TPSA) is 90.0 Å². The van der Waals surface area contributed by atoms with Crippen molar-refractivity contribution in [2.24, 2.45) is 0 Å². The molecule has 8 heteroatoms. The molecule has 0 saturated heterocycles. The highest BCUT2D eigenvalue weighted by Crippen LogP contribution is 2.33. The largest absolute Gasteiger partial charge is 0.461 e. The Morgan fingerprint density at radius 2 is 1.97 bits per heavy atom. The van der Waals surface area contributed by atoms with Crippen LogP contribution in [0.4, 0.5) is 5.69 Å². The van der Waals surface area contributed by atoms with Crippen LogP contribution in [0.15, 0.2) is 76.5 Å². The highest BCUT2D eigenvalue weighted by atomic mass is 32.2. The first-order valence-electron chi connectivity index (χ1n) is 9.77. The molecule has 0 spiro atoms. The standard InChI is InChI=1S/C23H18N4O3S/c1-14-17-12-15(9-10-18(17)24-22(14)29)19(28)13-31-23-26-25-21(20-8-5-11-30-20)27(23)16-6-3-2-4-7-16/h2-12,14H,13H2,1H3,(H,24,29)/t14-/m0/s1. The van der Waals surface area contributed by atoms with Crippen LogP contribution in [-0.4, -0.2) is 32.2 Å². The van der Waals surface area contributed by atoms with E-state index >= 15 is 0 Å². The average Bonchev–Trinajstić information content (AvgIpc) is 3.52. The van der Waals surface area contributed by atoms with E-state index in [4.69, 9.17) is 4.42 Å². The summed E-state index contributed by atoms with van der Waals surface area (Å²) in [6.45, 7) is 1.84. The molecule has 31 heavy (non-hydrogen) atoms. The molecule has 5 rings (SSSR count). The molecule has 2 aromatic carbocycles. The zero-order valence-electron chi connectivity index (χ0n) is 16.6. The van der Waals surface area contributed by atoms with Gasteiger partial charge in [0.05, 0.1) is 17.9 Å². The Labute approximate surface area is 182 Å². The van der Waals surface area contributed by atoms with Gasteiger partial charge in [0.25, 0.3) is 0 Å². The van der Waals surface area contributed by atoms with Crippen molar-refractivity contribution in [1.29, 1.82) is 0 Å². The lowest BCUT2D eigenvalue weighted by Crippen LogP contribution is -2.08. The molecule has 0 radical (unpaired) electrons. The third kappa shape index (κ3) is 3.55. The monoisotopic (exact) mass is 430 g/mol. The molecule has 0 fully saturated rings. The van der Waals surface area contributed by atoms with Gasteiger partial charge in [-0.15, -0.1) is 10.2 Å². The SMILES string of the molecule is C[C@@H]1C(=O)Nc2ccc(C(=O)CSc3nnc(-c4ccco4)n3-c3ccccc3)cc21. The molecule has 2 aromatic heterocycles. The fraction of sp³-hybridized carbons (Fsp3) is 0.130. The molecule has 7 nitrogen and oxygen atoms in total. The van der Waals surface area contributed by atoms with Crippen LogP contribution in [0.25, 0.3) is 17.3 Å². The summed E-state index contributed by atoms with van der Waals surface area (Å²) in [5.41, 5.74) is 3.08. The first kappa shape index (κ1) is 19.3. The number of anilines is 1. The van der Waals surface area contributed by atoms with Crippen molar-refractivity contribution in [3.8, 4) is 17.3 Å². The van der Waals surface area contributed by atoms with Gasteiger partial charge in [0, 0.05) is 16.9 Å². The van der Waals surface area contributed by atoms with E-state index in [2.05, 4.69) is 15.5 Å². The average molecular weight is 430 g/mol. The second-order valence-corrected chi connectivity index (χ2v) is 8.12. The van der Waals surface area contributed by atoms with E-state index < -0.39 is 0 Å². The molecule has 1 aliphatic heterocycles. The Kier molecular flexibility index (Phi) is 4.91. The molecule has 0 aliphatic carbocycles. The third-order valence-electron chi connectivity index (χ3n) is 5.21. The fourth-order valence-electron chi connectivity index (χ4n) is 3.54. The van der Waals surface area contributed by atoms with Gasteiger partial charge in [0.2, 0.25) is 11.7 Å². The number of aromatic nitrogens is 3. The van der Waals surface area contributed by atoms with Gasteiger partial charge in [0.15, 0.2) is 16.7 Å². The summed E-state index contributed by atoms with van der Waals surface area (Å²) < 4.78 is 7.40. The van der Waals surface area contributed by atoms with Gasteiger partial charge in [-0.2, -0.15) is 0 Å². The predicted molar refractivity (Wildman–Crippen MR) is 118 cm³/mol. The van der Waals surface area contributed by atoms with Crippen molar-refractivity contribution in [3.05, 3.63) is 78.1 Å². The van der Waals surface area contributed by atoms with Gasteiger partial charge >= 0.3 is 0 Å². The number of hydrogen-bond acceptors (Lipinski definition) is 6. The second-order valence-electron chi connectivity index (χ2n) is 7.18. The Morgan fingerprint density at radius 3 is 2.74 bits per heavy atom. The van der Waals surface area contributed by atoms with Crippen LogP contribution in [0.3, 0.4) is 0 Å². The molecule has 1 N–H and O–H groups in total. The van der Waals surface area contributed by atoms with Crippen molar-refractivity contribution in [2.45, 2.75) is 18.0 Å². The molecule has 1 aliphatic rings. The van der Waals surface area contributed by atoms with Crippen molar-refractivity contribution in [1.82, 2.24) is 14.8 Å². The van der Waals surface area contributed by atoms with Crippen LogP contribution in [-0.2, 0) is 4.79 Å². The Bertz CT molecular complexity index is 1270. The number of benzene rings is 2. The summed E-state index contributed by atoms with van der Waals surface area (Å²) in [6.07, 6.45) is 1.59. The van der Waals surface area contributed by atoms with Gasteiger partial charge in [0.1, 0.15) is 0 Å². The van der Waals surface area contributed by atoms with Crippen LogP contribution in [0, 0.1) is 0 Å². The number of Topliss-reactive ketones (excluding diaryl/α,β-unsaturated/α-hetero) is 1. The molecule has 0 bridgehead atoms. The number of carbonyl (C=O) groups excluding carboxylic acids is 2. The number of amides is 1. The number of carbonyl (C=O) groups is 2. The fourth-order valence-corrected chi connectivity index (χ4v) is 4.39. The zero-order chi connectivity index (χ0) is 21.4. The number of thioether (sulfide) groups is 1. The first-order chi connectivity index (χ1) is 15.1. The third-order valence-corrected chi connectivity index (χ3v) is 6.14. The van der Waals surface area contributed by atoms with Crippen molar-refractivity contribution in [2.75, 3.05) is 11.1 Å². The van der Waals surface area contributed by atoms with Crippen LogP contribution in [0.1, 0.15) is 28.8 Å². The summed E-state index contributed by atoms with van der Waals surface area (Å²) in [5.74, 6) is 1.02. The maximum absolute atomic E-state index is 12.9. The van der Waals surface area contributed by atoms with Crippen LogP contribution >= 0.6 is 11.8 Å². The molecule has 154 valence electrons. The van der Waals surface area contributed by atoms with Crippen molar-refractivity contribution >= 4 is 29.1 Å². The summed E-state index contributed by atoms with van der Waals surface area (Å²) in [6, 6.07) is 18.7. The van der Waals surface area contributed by atoms with Crippen molar-refractivity contribution < 1.29 is 14.0 Å². The van der Waals surface area contributed by atoms with Crippen LogP contribution < -0.4 is 5.32 Å². The molecule has 0 unspecified atom stereocenters. The smallest absolute Gasteiger partial charge is 0.231 e. The summed E-state index contributed by atoms with van der Waals surface area (Å²) in [4.78, 5) is 24.8. The number of nitrogens with zero attached hydrogens (tertiary/aromatic N) is 3. The van der Waals surface area contributed by atoms with E-state index in [9.17, 15) is 9.59 Å². The highest BCUT2D eigenvalue weighted by molar-refractivity contribution is 7.99. The number of hydrogen-bond donors (Lipinski definition) is 1. The summed E-state index contributed by atoms with van der Waals surface area (Å²) in [5, 5.41) is 12.0. The number of nitrogens with one attached hydrogen (secondary N) is 1. The van der Waals surface area contributed by atoms with E-state index in [1.165, 1.54) is 11.8 Å². The summed E-state index contributed by atoms with van der Waals surface area (Å²) >= 11 is 1.31. The number of rotatable bonds is 6. The van der Waals surface area contributed by atoms with Gasteiger partial charge in [-0.3, -0.25) is 14.2 Å². The van der Waals surface area contributed by atoms with E-state index in [1.807, 2.05) is 47.9 Å². The van der Waals surface area contributed by atoms with Crippen molar-refractivity contribution in [3.63, 3.8) is 0 Å². The van der Waals surface area contributed by atoms with Crippen LogP contribution in [0.5, 0.6) is 0 Å². The molecular weight excluding hydrogens is 412 g/mol. The molecular formula is C23H18N4O3S. The number of ketones is 1.